The van der Waals surface area contributed by atoms with E-state index in [1.54, 1.807) is 6.21 Å². The lowest BCUT2D eigenvalue weighted by Crippen LogP contribution is -2.16. The summed E-state index contributed by atoms with van der Waals surface area (Å²) in [4.78, 5) is 11.7. The van der Waals surface area contributed by atoms with Crippen LogP contribution in [0.2, 0.25) is 0 Å². The predicted molar refractivity (Wildman–Crippen MR) is 90.9 cm³/mol. The first kappa shape index (κ1) is 17.3. The molecule has 2 rings (SSSR count). The maximum Gasteiger partial charge on any atom is 0.240 e. The maximum absolute atomic E-state index is 11.7. The Morgan fingerprint density at radius 3 is 2.70 bits per heavy atom. The largest absolute Gasteiger partial charge is 0.454 e. The fourth-order valence-electron chi connectivity index (χ4n) is 2.47. The number of ether oxygens (including phenoxy) is 2. The van der Waals surface area contributed by atoms with E-state index in [0.29, 0.717) is 12.2 Å². The Kier molecular flexibility index (Phi) is 7.43. The van der Waals surface area contributed by atoms with Gasteiger partial charge in [0, 0.05) is 6.42 Å². The van der Waals surface area contributed by atoms with Gasteiger partial charge >= 0.3 is 0 Å². The summed E-state index contributed by atoms with van der Waals surface area (Å²) in [6.45, 7) is 2.47. The number of fused-ring (bicyclic) bond motifs is 1. The summed E-state index contributed by atoms with van der Waals surface area (Å²) < 4.78 is 10.5. The number of carbonyl (C=O) groups is 1. The van der Waals surface area contributed by atoms with Crippen LogP contribution in [0.3, 0.4) is 0 Å². The van der Waals surface area contributed by atoms with E-state index in [-0.39, 0.29) is 12.7 Å². The van der Waals surface area contributed by atoms with Crippen LogP contribution < -0.4 is 14.9 Å². The van der Waals surface area contributed by atoms with E-state index in [0.717, 1.165) is 24.2 Å². The molecule has 5 nitrogen and oxygen atoms in total. The van der Waals surface area contributed by atoms with Gasteiger partial charge in [0.25, 0.3) is 0 Å². The van der Waals surface area contributed by atoms with E-state index in [1.165, 1.54) is 32.1 Å². The van der Waals surface area contributed by atoms with E-state index in [9.17, 15) is 4.79 Å². The molecule has 1 aromatic rings. The number of unbranched alkanes of at least 4 members (excludes halogenated alkanes) is 6. The van der Waals surface area contributed by atoms with Crippen LogP contribution in [-0.4, -0.2) is 18.9 Å². The third-order valence-electron chi connectivity index (χ3n) is 3.81. The van der Waals surface area contributed by atoms with Crippen molar-refractivity contribution in [2.45, 2.75) is 58.3 Å². The second-order valence-electron chi connectivity index (χ2n) is 5.78. The fourth-order valence-corrected chi connectivity index (χ4v) is 2.47. The van der Waals surface area contributed by atoms with Crippen LogP contribution in [0, 0.1) is 0 Å². The molecule has 1 heterocycles. The van der Waals surface area contributed by atoms with Crippen molar-refractivity contribution in [3.05, 3.63) is 23.8 Å². The second-order valence-corrected chi connectivity index (χ2v) is 5.78. The van der Waals surface area contributed by atoms with Crippen LogP contribution in [0.1, 0.15) is 63.9 Å². The quantitative estimate of drug-likeness (QED) is 0.403. The van der Waals surface area contributed by atoms with Gasteiger partial charge in [-0.1, -0.05) is 45.4 Å². The van der Waals surface area contributed by atoms with E-state index in [4.69, 9.17) is 9.47 Å². The van der Waals surface area contributed by atoms with Gasteiger partial charge in [-0.15, -0.1) is 0 Å². The number of nitrogens with one attached hydrogen (secondary N) is 1. The van der Waals surface area contributed by atoms with Crippen LogP contribution in [0.15, 0.2) is 23.3 Å². The van der Waals surface area contributed by atoms with Crippen LogP contribution in [0.4, 0.5) is 0 Å². The number of hydrogen-bond donors (Lipinski definition) is 1. The predicted octanol–water partition coefficient (Wildman–Crippen LogP) is 4.01. The molecule has 23 heavy (non-hydrogen) atoms. The van der Waals surface area contributed by atoms with Gasteiger partial charge < -0.3 is 9.47 Å². The van der Waals surface area contributed by atoms with Gasteiger partial charge in [0.1, 0.15) is 0 Å². The van der Waals surface area contributed by atoms with Crippen molar-refractivity contribution in [3.63, 3.8) is 0 Å². The topological polar surface area (TPSA) is 59.9 Å². The highest BCUT2D eigenvalue weighted by molar-refractivity contribution is 5.83. The molecule has 0 aromatic heterocycles. The molecule has 1 amide bonds. The van der Waals surface area contributed by atoms with Crippen LogP contribution in [0.25, 0.3) is 0 Å². The number of nitrogens with zero attached hydrogens (tertiary/aromatic N) is 1. The smallest absolute Gasteiger partial charge is 0.240 e. The zero-order valence-electron chi connectivity index (χ0n) is 13.8. The Morgan fingerprint density at radius 2 is 1.87 bits per heavy atom. The first-order valence-corrected chi connectivity index (χ1v) is 8.51. The van der Waals surface area contributed by atoms with E-state index < -0.39 is 0 Å². The summed E-state index contributed by atoms with van der Waals surface area (Å²) in [5, 5.41) is 3.99. The fraction of sp³-hybridized carbons (Fsp3) is 0.556. The first-order valence-electron chi connectivity index (χ1n) is 8.51. The van der Waals surface area contributed by atoms with Gasteiger partial charge in [-0.05, 0) is 30.2 Å². The van der Waals surface area contributed by atoms with Crippen molar-refractivity contribution >= 4 is 12.1 Å². The van der Waals surface area contributed by atoms with Crippen LogP contribution in [-0.2, 0) is 4.79 Å². The van der Waals surface area contributed by atoms with Crippen molar-refractivity contribution in [2.75, 3.05) is 6.79 Å². The highest BCUT2D eigenvalue weighted by Crippen LogP contribution is 2.31. The SMILES string of the molecule is CCCCCCCCCC(=O)NN=Cc1ccc2c(c1)OCO2. The number of hydrogen-bond acceptors (Lipinski definition) is 4. The molecule has 1 N–H and O–H groups in total. The minimum atomic E-state index is -0.0319. The van der Waals surface area contributed by atoms with E-state index >= 15 is 0 Å². The molecule has 0 aliphatic carbocycles. The number of hydrazone groups is 1. The summed E-state index contributed by atoms with van der Waals surface area (Å²) in [5.41, 5.74) is 3.43. The minimum absolute atomic E-state index is 0.0319. The van der Waals surface area contributed by atoms with Crippen molar-refractivity contribution in [2.24, 2.45) is 5.10 Å². The molecule has 0 atom stereocenters. The summed E-state index contributed by atoms with van der Waals surface area (Å²) >= 11 is 0. The lowest BCUT2D eigenvalue weighted by molar-refractivity contribution is -0.121. The van der Waals surface area contributed by atoms with Crippen LogP contribution in [0.5, 0.6) is 11.5 Å². The van der Waals surface area contributed by atoms with E-state index in [2.05, 4.69) is 17.5 Å². The third-order valence-corrected chi connectivity index (χ3v) is 3.81. The average molecular weight is 318 g/mol. The molecule has 1 aromatic carbocycles. The van der Waals surface area contributed by atoms with Crippen molar-refractivity contribution in [3.8, 4) is 11.5 Å². The summed E-state index contributed by atoms with van der Waals surface area (Å²) in [6, 6.07) is 5.55. The maximum atomic E-state index is 11.7. The molecule has 1 aliphatic heterocycles. The summed E-state index contributed by atoms with van der Waals surface area (Å²) in [6.07, 6.45) is 10.6. The molecule has 0 unspecified atom stereocenters. The van der Waals surface area contributed by atoms with Gasteiger partial charge in [0.05, 0.1) is 6.21 Å². The van der Waals surface area contributed by atoms with Crippen LogP contribution >= 0.6 is 0 Å². The molecule has 0 fully saturated rings. The molecule has 0 saturated heterocycles. The Bertz CT molecular complexity index is 529. The molecule has 0 radical (unpaired) electrons. The monoisotopic (exact) mass is 318 g/mol. The molecule has 126 valence electrons. The lowest BCUT2D eigenvalue weighted by Gasteiger charge is -2.01. The van der Waals surface area contributed by atoms with Gasteiger partial charge in [0.2, 0.25) is 12.7 Å². The molecule has 0 saturated carbocycles. The summed E-state index contributed by atoms with van der Waals surface area (Å²) in [7, 11) is 0. The number of rotatable bonds is 10. The third kappa shape index (κ3) is 6.30. The Balaban J connectivity index is 1.59. The Hall–Kier alpha value is -2.04. The minimum Gasteiger partial charge on any atom is -0.454 e. The van der Waals surface area contributed by atoms with Gasteiger partial charge in [-0.25, -0.2) is 5.43 Å². The zero-order chi connectivity index (χ0) is 16.3. The number of benzene rings is 1. The van der Waals surface area contributed by atoms with Crippen molar-refractivity contribution in [1.82, 2.24) is 5.43 Å². The molecule has 1 aliphatic rings. The highest BCUT2D eigenvalue weighted by Gasteiger charge is 2.12. The summed E-state index contributed by atoms with van der Waals surface area (Å²) in [5.74, 6) is 1.42. The van der Waals surface area contributed by atoms with Crippen molar-refractivity contribution in [1.29, 1.82) is 0 Å². The second kappa shape index (κ2) is 9.87. The normalized spacial score (nSPS) is 12.7. The molecule has 5 heteroatoms. The zero-order valence-corrected chi connectivity index (χ0v) is 13.8. The Labute approximate surface area is 138 Å². The molecular formula is C18H26N2O3. The van der Waals surface area contributed by atoms with Crippen molar-refractivity contribution < 1.29 is 14.3 Å². The molecule has 0 spiro atoms. The standard InChI is InChI=1S/C18H26N2O3/c1-2-3-4-5-6-7-8-9-18(21)20-19-13-15-10-11-16-17(12-15)23-14-22-16/h10-13H,2-9,14H2,1H3,(H,20,21). The first-order chi connectivity index (χ1) is 11.3. The van der Waals surface area contributed by atoms with E-state index in [1.807, 2.05) is 18.2 Å². The molecular weight excluding hydrogens is 292 g/mol. The average Bonchev–Trinajstić information content (AvgIpc) is 3.02. The number of carbonyl (C=O) groups excluding carboxylic acids is 1. The van der Waals surface area contributed by atoms with Gasteiger partial charge in [0.15, 0.2) is 11.5 Å². The lowest BCUT2D eigenvalue weighted by atomic mass is 10.1. The highest BCUT2D eigenvalue weighted by atomic mass is 16.7. The Morgan fingerprint density at radius 1 is 1.13 bits per heavy atom. The van der Waals surface area contributed by atoms with Gasteiger partial charge in [-0.3, -0.25) is 4.79 Å². The number of amides is 1. The van der Waals surface area contributed by atoms with Gasteiger partial charge in [-0.2, -0.15) is 5.10 Å². The molecule has 0 bridgehead atoms.